The average Bonchev–Trinajstić information content (AvgIpc) is 2.60. The summed E-state index contributed by atoms with van der Waals surface area (Å²) in [7, 11) is 1.73. The molecule has 0 aliphatic rings. The number of thiophene rings is 1. The predicted molar refractivity (Wildman–Crippen MR) is 61.6 cm³/mol. The zero-order chi connectivity index (χ0) is 10.6. The minimum atomic E-state index is 0.156. The third-order valence-electron chi connectivity index (χ3n) is 2.48. The lowest BCUT2D eigenvalue weighted by molar-refractivity contribution is 0.175. The first-order valence-electron chi connectivity index (χ1n) is 4.96. The SMILES string of the molecule is COCCC(C)C(N)c1ccc(C)s1. The molecule has 14 heavy (non-hydrogen) atoms. The summed E-state index contributed by atoms with van der Waals surface area (Å²) >= 11 is 1.79. The van der Waals surface area contributed by atoms with Crippen molar-refractivity contribution in [3.63, 3.8) is 0 Å². The van der Waals surface area contributed by atoms with Crippen molar-refractivity contribution in [1.82, 2.24) is 0 Å². The Bertz CT molecular complexity index is 272. The van der Waals surface area contributed by atoms with Gasteiger partial charge in [0.25, 0.3) is 0 Å². The topological polar surface area (TPSA) is 35.2 Å². The van der Waals surface area contributed by atoms with Crippen LogP contribution in [0, 0.1) is 12.8 Å². The van der Waals surface area contributed by atoms with E-state index in [2.05, 4.69) is 26.0 Å². The first kappa shape index (κ1) is 11.7. The molecule has 2 nitrogen and oxygen atoms in total. The summed E-state index contributed by atoms with van der Waals surface area (Å²) in [4.78, 5) is 2.61. The molecule has 1 heterocycles. The highest BCUT2D eigenvalue weighted by atomic mass is 32.1. The molecule has 0 saturated heterocycles. The smallest absolute Gasteiger partial charge is 0.0465 e. The zero-order valence-electron chi connectivity index (χ0n) is 9.12. The molecular formula is C11H19NOS. The molecular weight excluding hydrogens is 194 g/mol. The number of nitrogens with two attached hydrogens (primary N) is 1. The molecule has 0 aliphatic carbocycles. The van der Waals surface area contributed by atoms with Crippen LogP contribution < -0.4 is 5.73 Å². The standard InChI is InChI=1S/C11H19NOS/c1-8(6-7-13-3)11(12)10-5-4-9(2)14-10/h4-5,8,11H,6-7,12H2,1-3H3. The fourth-order valence-electron chi connectivity index (χ4n) is 1.40. The normalized spacial score (nSPS) is 15.4. The van der Waals surface area contributed by atoms with Crippen molar-refractivity contribution in [2.75, 3.05) is 13.7 Å². The minimum absolute atomic E-state index is 0.156. The van der Waals surface area contributed by atoms with Gasteiger partial charge in [0, 0.05) is 29.5 Å². The first-order valence-corrected chi connectivity index (χ1v) is 5.77. The van der Waals surface area contributed by atoms with E-state index in [-0.39, 0.29) is 6.04 Å². The van der Waals surface area contributed by atoms with E-state index >= 15 is 0 Å². The van der Waals surface area contributed by atoms with Gasteiger partial charge in [-0.1, -0.05) is 6.92 Å². The first-order chi connectivity index (χ1) is 6.65. The number of aryl methyl sites for hydroxylation is 1. The molecule has 1 rings (SSSR count). The minimum Gasteiger partial charge on any atom is -0.385 e. The Morgan fingerprint density at radius 2 is 2.21 bits per heavy atom. The summed E-state index contributed by atoms with van der Waals surface area (Å²) in [5.41, 5.74) is 6.15. The van der Waals surface area contributed by atoms with E-state index < -0.39 is 0 Å². The lowest BCUT2D eigenvalue weighted by atomic mass is 9.98. The Morgan fingerprint density at radius 3 is 2.71 bits per heavy atom. The van der Waals surface area contributed by atoms with Crippen LogP contribution in [0.2, 0.25) is 0 Å². The van der Waals surface area contributed by atoms with Gasteiger partial charge in [0.1, 0.15) is 0 Å². The van der Waals surface area contributed by atoms with Gasteiger partial charge < -0.3 is 10.5 Å². The molecule has 0 amide bonds. The average molecular weight is 213 g/mol. The molecule has 0 spiro atoms. The van der Waals surface area contributed by atoms with E-state index in [0.717, 1.165) is 13.0 Å². The summed E-state index contributed by atoms with van der Waals surface area (Å²) in [6, 6.07) is 4.42. The molecule has 0 aliphatic heterocycles. The molecule has 0 saturated carbocycles. The molecule has 0 fully saturated rings. The maximum atomic E-state index is 6.15. The molecule has 1 aromatic heterocycles. The fourth-order valence-corrected chi connectivity index (χ4v) is 2.41. The van der Waals surface area contributed by atoms with Crippen molar-refractivity contribution in [2.24, 2.45) is 11.7 Å². The molecule has 2 N–H and O–H groups in total. The van der Waals surface area contributed by atoms with Gasteiger partial charge >= 0.3 is 0 Å². The van der Waals surface area contributed by atoms with Crippen LogP contribution in [0.4, 0.5) is 0 Å². The van der Waals surface area contributed by atoms with Gasteiger partial charge in [-0.25, -0.2) is 0 Å². The Labute approximate surface area is 90.1 Å². The summed E-state index contributed by atoms with van der Waals surface area (Å²) in [5.74, 6) is 0.480. The van der Waals surface area contributed by atoms with Crippen LogP contribution in [0.5, 0.6) is 0 Å². The Morgan fingerprint density at radius 1 is 1.50 bits per heavy atom. The van der Waals surface area contributed by atoms with E-state index in [1.165, 1.54) is 9.75 Å². The summed E-state index contributed by atoms with van der Waals surface area (Å²) in [6.45, 7) is 5.08. The highest BCUT2D eigenvalue weighted by Crippen LogP contribution is 2.27. The van der Waals surface area contributed by atoms with Gasteiger partial charge in [0.15, 0.2) is 0 Å². The number of hydrogen-bond donors (Lipinski definition) is 1. The van der Waals surface area contributed by atoms with Crippen LogP contribution in [0.3, 0.4) is 0 Å². The van der Waals surface area contributed by atoms with E-state index in [1.54, 1.807) is 18.4 Å². The molecule has 80 valence electrons. The van der Waals surface area contributed by atoms with Crippen LogP contribution in [0.1, 0.15) is 29.1 Å². The number of hydrogen-bond acceptors (Lipinski definition) is 3. The largest absolute Gasteiger partial charge is 0.385 e. The van der Waals surface area contributed by atoms with E-state index in [4.69, 9.17) is 10.5 Å². The van der Waals surface area contributed by atoms with Crippen molar-refractivity contribution in [1.29, 1.82) is 0 Å². The van der Waals surface area contributed by atoms with Gasteiger partial charge in [-0.15, -0.1) is 11.3 Å². The highest BCUT2D eigenvalue weighted by molar-refractivity contribution is 7.12. The second-order valence-electron chi connectivity index (χ2n) is 3.73. The van der Waals surface area contributed by atoms with E-state index in [9.17, 15) is 0 Å². The van der Waals surface area contributed by atoms with Crippen molar-refractivity contribution < 1.29 is 4.74 Å². The van der Waals surface area contributed by atoms with E-state index in [0.29, 0.717) is 5.92 Å². The monoisotopic (exact) mass is 213 g/mol. The summed E-state index contributed by atoms with van der Waals surface area (Å²) in [5, 5.41) is 0. The maximum absolute atomic E-state index is 6.15. The second kappa shape index (κ2) is 5.49. The summed E-state index contributed by atoms with van der Waals surface area (Å²) in [6.07, 6.45) is 1.02. The van der Waals surface area contributed by atoms with Crippen molar-refractivity contribution in [3.05, 3.63) is 21.9 Å². The maximum Gasteiger partial charge on any atom is 0.0465 e. The fraction of sp³-hybridized carbons (Fsp3) is 0.636. The Kier molecular flexibility index (Phi) is 4.58. The third-order valence-corrected chi connectivity index (χ3v) is 3.58. The molecule has 2 unspecified atom stereocenters. The number of ether oxygens (including phenoxy) is 1. The third kappa shape index (κ3) is 3.08. The molecule has 3 heteroatoms. The van der Waals surface area contributed by atoms with Gasteiger partial charge in [-0.2, -0.15) is 0 Å². The quantitative estimate of drug-likeness (QED) is 0.816. The van der Waals surface area contributed by atoms with Crippen LogP contribution in [-0.2, 0) is 4.74 Å². The van der Waals surface area contributed by atoms with Crippen LogP contribution in [-0.4, -0.2) is 13.7 Å². The Hall–Kier alpha value is -0.380. The predicted octanol–water partition coefficient (Wildman–Crippen LogP) is 2.73. The highest BCUT2D eigenvalue weighted by Gasteiger charge is 2.15. The molecule has 0 bridgehead atoms. The zero-order valence-corrected chi connectivity index (χ0v) is 9.93. The lowest BCUT2D eigenvalue weighted by Gasteiger charge is -2.17. The van der Waals surface area contributed by atoms with Crippen LogP contribution >= 0.6 is 11.3 Å². The van der Waals surface area contributed by atoms with Crippen LogP contribution in [0.15, 0.2) is 12.1 Å². The number of rotatable bonds is 5. The number of methoxy groups -OCH3 is 1. The van der Waals surface area contributed by atoms with Gasteiger partial charge in [-0.05, 0) is 31.4 Å². The van der Waals surface area contributed by atoms with Crippen LogP contribution in [0.25, 0.3) is 0 Å². The molecule has 1 aromatic rings. The van der Waals surface area contributed by atoms with E-state index in [1.807, 2.05) is 0 Å². The second-order valence-corrected chi connectivity index (χ2v) is 5.05. The van der Waals surface area contributed by atoms with Crippen molar-refractivity contribution >= 4 is 11.3 Å². The molecule has 0 aromatic carbocycles. The van der Waals surface area contributed by atoms with Gasteiger partial charge in [-0.3, -0.25) is 0 Å². The molecule has 2 atom stereocenters. The van der Waals surface area contributed by atoms with Gasteiger partial charge in [0.2, 0.25) is 0 Å². The van der Waals surface area contributed by atoms with Crippen molar-refractivity contribution in [2.45, 2.75) is 26.3 Å². The Balaban J connectivity index is 2.51. The van der Waals surface area contributed by atoms with Crippen molar-refractivity contribution in [3.8, 4) is 0 Å². The summed E-state index contributed by atoms with van der Waals surface area (Å²) < 4.78 is 5.05. The lowest BCUT2D eigenvalue weighted by Crippen LogP contribution is -2.19. The molecule has 0 radical (unpaired) electrons. The van der Waals surface area contributed by atoms with Gasteiger partial charge in [0.05, 0.1) is 0 Å².